The van der Waals surface area contributed by atoms with Gasteiger partial charge in [-0.05, 0) is 17.7 Å². The van der Waals surface area contributed by atoms with Crippen molar-refractivity contribution in [3.8, 4) is 0 Å². The van der Waals surface area contributed by atoms with Gasteiger partial charge in [0.15, 0.2) is 6.20 Å². The van der Waals surface area contributed by atoms with Crippen molar-refractivity contribution < 1.29 is 4.57 Å². The molecule has 3 aromatic heterocycles. The number of hydrogen-bond donors (Lipinski definition) is 1. The third-order valence-corrected chi connectivity index (χ3v) is 4.21. The Morgan fingerprint density at radius 2 is 1.84 bits per heavy atom. The van der Waals surface area contributed by atoms with Crippen molar-refractivity contribution in [2.45, 2.75) is 6.54 Å². The molecule has 0 spiro atoms. The minimum absolute atomic E-state index is 0.500. The summed E-state index contributed by atoms with van der Waals surface area (Å²) in [6, 6.07) is 14.0. The third-order valence-electron chi connectivity index (χ3n) is 4.21. The molecule has 0 radical (unpaired) electrons. The van der Waals surface area contributed by atoms with Crippen LogP contribution in [0.1, 0.15) is 11.1 Å². The second kappa shape index (κ2) is 6.24. The van der Waals surface area contributed by atoms with Gasteiger partial charge in [0.2, 0.25) is 0 Å². The zero-order valence-electron chi connectivity index (χ0n) is 13.9. The van der Waals surface area contributed by atoms with E-state index in [4.69, 9.17) is 5.73 Å². The fraction of sp³-hybridized carbons (Fsp3) is 0.105. The number of aromatic nitrogens is 4. The number of aryl methyl sites for hydroxylation is 1. The van der Waals surface area contributed by atoms with Gasteiger partial charge in [-0.1, -0.05) is 24.3 Å². The molecule has 3 heterocycles. The van der Waals surface area contributed by atoms with Crippen molar-refractivity contribution in [3.63, 3.8) is 0 Å². The molecule has 4 rings (SSSR count). The molecule has 0 unspecified atom stereocenters. The van der Waals surface area contributed by atoms with Crippen LogP contribution in [0.4, 0.5) is 5.69 Å². The van der Waals surface area contributed by atoms with Crippen molar-refractivity contribution in [3.05, 3.63) is 84.6 Å². The number of aliphatic imine (C=N–C) groups is 1. The first-order valence-corrected chi connectivity index (χ1v) is 8.06. The van der Waals surface area contributed by atoms with Crippen LogP contribution >= 0.6 is 0 Å². The van der Waals surface area contributed by atoms with Crippen molar-refractivity contribution in [1.29, 1.82) is 0 Å². The Kier molecular flexibility index (Phi) is 3.78. The summed E-state index contributed by atoms with van der Waals surface area (Å²) >= 11 is 0. The molecule has 25 heavy (non-hydrogen) atoms. The molecule has 0 aliphatic rings. The van der Waals surface area contributed by atoms with E-state index in [-0.39, 0.29) is 0 Å². The predicted molar refractivity (Wildman–Crippen MR) is 96.7 cm³/mol. The lowest BCUT2D eigenvalue weighted by atomic mass is 10.1. The van der Waals surface area contributed by atoms with E-state index in [1.807, 2.05) is 42.2 Å². The van der Waals surface area contributed by atoms with Crippen LogP contribution in [0.3, 0.4) is 0 Å². The smallest absolute Gasteiger partial charge is 0.307 e. The summed E-state index contributed by atoms with van der Waals surface area (Å²) in [6.45, 7) is 0.808. The lowest BCUT2D eigenvalue weighted by molar-refractivity contribution is -0.661. The lowest BCUT2D eigenvalue weighted by Gasteiger charge is -2.03. The second-order valence-corrected chi connectivity index (χ2v) is 5.92. The van der Waals surface area contributed by atoms with Gasteiger partial charge < -0.3 is 5.73 Å². The Labute approximate surface area is 145 Å². The van der Waals surface area contributed by atoms with E-state index in [2.05, 4.69) is 49.7 Å². The van der Waals surface area contributed by atoms with E-state index < -0.39 is 0 Å². The summed E-state index contributed by atoms with van der Waals surface area (Å²) in [5.74, 6) is 0.500. The molecule has 0 fully saturated rings. The molecule has 0 atom stereocenters. The zero-order valence-corrected chi connectivity index (χ0v) is 13.9. The quantitative estimate of drug-likeness (QED) is 0.353. The molecule has 0 aliphatic carbocycles. The normalized spacial score (nSPS) is 12.0. The van der Waals surface area contributed by atoms with Gasteiger partial charge in [0.05, 0.1) is 5.69 Å². The van der Waals surface area contributed by atoms with Gasteiger partial charge in [0.1, 0.15) is 18.6 Å². The Morgan fingerprint density at radius 1 is 1.08 bits per heavy atom. The molecule has 0 saturated carbocycles. The second-order valence-electron chi connectivity index (χ2n) is 5.92. The van der Waals surface area contributed by atoms with E-state index in [0.717, 1.165) is 23.4 Å². The van der Waals surface area contributed by atoms with Crippen LogP contribution in [0.2, 0.25) is 0 Å². The minimum atomic E-state index is 0.500. The maximum atomic E-state index is 6.11. The Bertz CT molecular complexity index is 1020. The molecule has 2 N–H and O–H groups in total. The SMILES string of the molecule is Cn1ccc2n1cc[n+]2Cc1ccc(C(N)=Nc2ccncc2)cc1. The maximum Gasteiger partial charge on any atom is 0.307 e. The van der Waals surface area contributed by atoms with Crippen molar-refractivity contribution >= 4 is 17.2 Å². The number of amidine groups is 1. The molecule has 4 aromatic rings. The van der Waals surface area contributed by atoms with Crippen molar-refractivity contribution in [2.24, 2.45) is 17.8 Å². The van der Waals surface area contributed by atoms with Gasteiger partial charge in [-0.25, -0.2) is 14.2 Å². The number of hydrogen-bond acceptors (Lipinski definition) is 2. The number of nitrogens with two attached hydrogens (primary N) is 1. The van der Waals surface area contributed by atoms with E-state index in [1.165, 1.54) is 5.56 Å². The number of benzene rings is 1. The highest BCUT2D eigenvalue weighted by Crippen LogP contribution is 2.11. The predicted octanol–water partition coefficient (Wildman–Crippen LogP) is 2.05. The summed E-state index contributed by atoms with van der Waals surface area (Å²) in [6.07, 6.45) is 9.60. The van der Waals surface area contributed by atoms with Gasteiger partial charge in [-0.15, -0.1) is 4.52 Å². The molecule has 6 nitrogen and oxygen atoms in total. The van der Waals surface area contributed by atoms with E-state index in [9.17, 15) is 0 Å². The highest BCUT2D eigenvalue weighted by molar-refractivity contribution is 5.99. The van der Waals surface area contributed by atoms with Crippen LogP contribution in [0.15, 0.2) is 78.4 Å². The number of nitrogens with zero attached hydrogens (tertiary/aromatic N) is 5. The number of rotatable bonds is 4. The molecule has 0 amide bonds. The van der Waals surface area contributed by atoms with E-state index >= 15 is 0 Å². The molecule has 0 saturated heterocycles. The van der Waals surface area contributed by atoms with Crippen LogP contribution in [0, 0.1) is 0 Å². The summed E-state index contributed by atoms with van der Waals surface area (Å²) in [7, 11) is 2.02. The number of pyridine rings is 1. The molecular formula is C19H19N6+. The van der Waals surface area contributed by atoms with Gasteiger partial charge in [0.25, 0.3) is 0 Å². The highest BCUT2D eigenvalue weighted by atomic mass is 15.4. The summed E-state index contributed by atoms with van der Waals surface area (Å²) in [5.41, 5.74) is 10.2. The van der Waals surface area contributed by atoms with Crippen LogP contribution in [-0.2, 0) is 13.6 Å². The third kappa shape index (κ3) is 3.01. The van der Waals surface area contributed by atoms with Crippen LogP contribution in [0.5, 0.6) is 0 Å². The molecule has 124 valence electrons. The molecule has 6 heteroatoms. The van der Waals surface area contributed by atoms with Crippen LogP contribution in [-0.4, -0.2) is 20.0 Å². The topological polar surface area (TPSA) is 64.5 Å². The average Bonchev–Trinajstić information content (AvgIpc) is 3.20. The summed E-state index contributed by atoms with van der Waals surface area (Å²) in [5, 5.41) is 0. The lowest BCUT2D eigenvalue weighted by Crippen LogP contribution is -2.32. The fourth-order valence-electron chi connectivity index (χ4n) is 2.85. The van der Waals surface area contributed by atoms with E-state index in [0.29, 0.717) is 5.84 Å². The summed E-state index contributed by atoms with van der Waals surface area (Å²) in [4.78, 5) is 8.40. The summed E-state index contributed by atoms with van der Waals surface area (Å²) < 4.78 is 6.36. The van der Waals surface area contributed by atoms with Crippen molar-refractivity contribution in [2.75, 3.05) is 0 Å². The van der Waals surface area contributed by atoms with Gasteiger partial charge in [-0.3, -0.25) is 4.98 Å². The largest absolute Gasteiger partial charge is 0.383 e. The first kappa shape index (κ1) is 15.1. The fourth-order valence-corrected chi connectivity index (χ4v) is 2.85. The Hall–Kier alpha value is -3.41. The zero-order chi connectivity index (χ0) is 17.2. The number of fused-ring (bicyclic) bond motifs is 1. The standard InChI is InChI=1S/C19H19N6/c1-23-11-8-18-24(12-13-25(18)23)14-15-2-4-16(5-3-15)19(20)22-17-6-9-21-10-7-17/h2-13H,14H2,1H3,(H2,20,21,22)/q+1. The maximum absolute atomic E-state index is 6.11. The Balaban J connectivity index is 1.55. The van der Waals surface area contributed by atoms with Crippen LogP contribution < -0.4 is 10.3 Å². The molecular weight excluding hydrogens is 312 g/mol. The Morgan fingerprint density at radius 3 is 2.60 bits per heavy atom. The molecule has 0 bridgehead atoms. The van der Waals surface area contributed by atoms with Gasteiger partial charge in [-0.2, -0.15) is 0 Å². The minimum Gasteiger partial charge on any atom is -0.383 e. The van der Waals surface area contributed by atoms with Crippen molar-refractivity contribution in [1.82, 2.24) is 14.2 Å². The van der Waals surface area contributed by atoms with Gasteiger partial charge >= 0.3 is 5.65 Å². The monoisotopic (exact) mass is 331 g/mol. The highest BCUT2D eigenvalue weighted by Gasteiger charge is 2.12. The molecule has 1 aromatic carbocycles. The van der Waals surface area contributed by atoms with E-state index in [1.54, 1.807) is 12.4 Å². The number of imidazole rings is 1. The first-order chi connectivity index (χ1) is 12.2. The first-order valence-electron chi connectivity index (χ1n) is 8.06. The average molecular weight is 331 g/mol. The van der Waals surface area contributed by atoms with Gasteiger partial charge in [0, 0.05) is 37.3 Å². The van der Waals surface area contributed by atoms with Crippen LogP contribution in [0.25, 0.3) is 5.65 Å². The molecule has 0 aliphatic heterocycles.